The van der Waals surface area contributed by atoms with E-state index in [9.17, 15) is 4.79 Å². The summed E-state index contributed by atoms with van der Waals surface area (Å²) in [7, 11) is 0. The molecular weight excluding hydrogens is 238 g/mol. The molecule has 4 heteroatoms. The van der Waals surface area contributed by atoms with Crippen LogP contribution in [0.3, 0.4) is 0 Å². The van der Waals surface area contributed by atoms with Crippen molar-refractivity contribution in [1.29, 1.82) is 0 Å². The highest BCUT2D eigenvalue weighted by atomic mass is 16.2. The Morgan fingerprint density at radius 1 is 1.47 bits per heavy atom. The van der Waals surface area contributed by atoms with Crippen molar-refractivity contribution in [2.24, 2.45) is 11.7 Å². The van der Waals surface area contributed by atoms with E-state index in [0.29, 0.717) is 12.5 Å². The number of likely N-dealkylation sites (tertiary alicyclic amines) is 1. The van der Waals surface area contributed by atoms with E-state index in [2.05, 4.69) is 11.9 Å². The SMILES string of the molecule is CC1CC(CN)CN1C(=O)c1c[nH]c2ccccc12. The Morgan fingerprint density at radius 2 is 2.26 bits per heavy atom. The first-order valence-corrected chi connectivity index (χ1v) is 6.78. The van der Waals surface area contributed by atoms with Crippen LogP contribution in [0, 0.1) is 5.92 Å². The quantitative estimate of drug-likeness (QED) is 0.864. The predicted molar refractivity (Wildman–Crippen MR) is 76.0 cm³/mol. The molecule has 2 aromatic rings. The van der Waals surface area contributed by atoms with E-state index in [0.717, 1.165) is 29.4 Å². The standard InChI is InChI=1S/C15H19N3O/c1-10-6-11(7-16)9-18(10)15(19)13-8-17-14-5-3-2-4-12(13)14/h2-5,8,10-11,17H,6-7,9,16H2,1H3. The summed E-state index contributed by atoms with van der Waals surface area (Å²) < 4.78 is 0. The maximum Gasteiger partial charge on any atom is 0.256 e. The van der Waals surface area contributed by atoms with Gasteiger partial charge in [0.05, 0.1) is 5.56 Å². The molecule has 100 valence electrons. The Bertz CT molecular complexity index is 604. The zero-order valence-electron chi connectivity index (χ0n) is 11.1. The summed E-state index contributed by atoms with van der Waals surface area (Å²) in [5.74, 6) is 0.546. The van der Waals surface area contributed by atoms with E-state index in [1.54, 1.807) is 0 Å². The number of aromatic nitrogens is 1. The third-order valence-corrected chi connectivity index (χ3v) is 4.08. The molecule has 19 heavy (non-hydrogen) atoms. The van der Waals surface area contributed by atoms with E-state index < -0.39 is 0 Å². The lowest BCUT2D eigenvalue weighted by Gasteiger charge is -2.21. The molecule has 0 aliphatic carbocycles. The number of para-hydroxylation sites is 1. The number of rotatable bonds is 2. The van der Waals surface area contributed by atoms with Crippen LogP contribution in [0.25, 0.3) is 10.9 Å². The zero-order chi connectivity index (χ0) is 13.4. The fraction of sp³-hybridized carbons (Fsp3) is 0.400. The van der Waals surface area contributed by atoms with Gasteiger partial charge in [0.25, 0.3) is 5.91 Å². The molecule has 2 heterocycles. The van der Waals surface area contributed by atoms with Gasteiger partial charge in [0.1, 0.15) is 0 Å². The van der Waals surface area contributed by atoms with Gasteiger partial charge in [-0.05, 0) is 31.9 Å². The van der Waals surface area contributed by atoms with Crippen LogP contribution in [-0.2, 0) is 0 Å². The molecule has 0 saturated carbocycles. The van der Waals surface area contributed by atoms with Gasteiger partial charge in [0, 0.05) is 29.7 Å². The number of aromatic amines is 1. The summed E-state index contributed by atoms with van der Waals surface area (Å²) in [6.45, 7) is 3.53. The van der Waals surface area contributed by atoms with Gasteiger partial charge in [-0.2, -0.15) is 0 Å². The van der Waals surface area contributed by atoms with E-state index in [1.165, 1.54) is 0 Å². The average molecular weight is 257 g/mol. The van der Waals surface area contributed by atoms with Crippen LogP contribution < -0.4 is 5.73 Å². The van der Waals surface area contributed by atoms with Gasteiger partial charge in [0.15, 0.2) is 0 Å². The second-order valence-electron chi connectivity index (χ2n) is 5.39. The number of carbonyl (C=O) groups excluding carboxylic acids is 1. The minimum atomic E-state index is 0.112. The number of benzene rings is 1. The first-order valence-electron chi connectivity index (χ1n) is 6.78. The summed E-state index contributed by atoms with van der Waals surface area (Å²) in [4.78, 5) is 17.8. The minimum Gasteiger partial charge on any atom is -0.360 e. The van der Waals surface area contributed by atoms with E-state index in [-0.39, 0.29) is 11.9 Å². The Labute approximate surface area is 112 Å². The van der Waals surface area contributed by atoms with Crippen LogP contribution >= 0.6 is 0 Å². The summed E-state index contributed by atoms with van der Waals surface area (Å²) in [6, 6.07) is 8.18. The summed E-state index contributed by atoms with van der Waals surface area (Å²) >= 11 is 0. The number of hydrogen-bond acceptors (Lipinski definition) is 2. The van der Waals surface area contributed by atoms with Crippen molar-refractivity contribution in [1.82, 2.24) is 9.88 Å². The molecule has 0 radical (unpaired) electrons. The van der Waals surface area contributed by atoms with Gasteiger partial charge >= 0.3 is 0 Å². The number of nitrogens with two attached hydrogens (primary N) is 1. The lowest BCUT2D eigenvalue weighted by Crippen LogP contribution is -2.34. The molecule has 1 amide bonds. The number of H-pyrrole nitrogens is 1. The van der Waals surface area contributed by atoms with Crippen molar-refractivity contribution >= 4 is 16.8 Å². The maximum absolute atomic E-state index is 12.7. The first-order chi connectivity index (χ1) is 9.20. The molecule has 0 bridgehead atoms. The molecule has 2 unspecified atom stereocenters. The van der Waals surface area contributed by atoms with Crippen molar-refractivity contribution in [3.05, 3.63) is 36.0 Å². The third-order valence-electron chi connectivity index (χ3n) is 4.08. The van der Waals surface area contributed by atoms with Crippen molar-refractivity contribution in [2.75, 3.05) is 13.1 Å². The van der Waals surface area contributed by atoms with Gasteiger partial charge in [-0.3, -0.25) is 4.79 Å². The molecule has 1 aromatic carbocycles. The highest BCUT2D eigenvalue weighted by Gasteiger charge is 2.32. The highest BCUT2D eigenvalue weighted by Crippen LogP contribution is 2.26. The molecule has 1 fully saturated rings. The number of carbonyl (C=O) groups is 1. The smallest absolute Gasteiger partial charge is 0.256 e. The van der Waals surface area contributed by atoms with Gasteiger partial charge < -0.3 is 15.6 Å². The molecule has 4 nitrogen and oxygen atoms in total. The summed E-state index contributed by atoms with van der Waals surface area (Å²) in [5, 5.41) is 0.996. The summed E-state index contributed by atoms with van der Waals surface area (Å²) in [6.07, 6.45) is 2.82. The van der Waals surface area contributed by atoms with E-state index >= 15 is 0 Å². The molecule has 0 spiro atoms. The van der Waals surface area contributed by atoms with Gasteiger partial charge in [0.2, 0.25) is 0 Å². The molecule has 1 aliphatic heterocycles. The number of hydrogen-bond donors (Lipinski definition) is 2. The van der Waals surface area contributed by atoms with E-state index in [1.807, 2.05) is 35.4 Å². The topological polar surface area (TPSA) is 62.1 Å². The third kappa shape index (κ3) is 2.02. The van der Waals surface area contributed by atoms with Crippen molar-refractivity contribution in [3.63, 3.8) is 0 Å². The predicted octanol–water partition coefficient (Wildman–Crippen LogP) is 1.98. The Hall–Kier alpha value is -1.81. The molecule has 2 atom stereocenters. The summed E-state index contributed by atoms with van der Waals surface area (Å²) in [5.41, 5.74) is 7.49. The van der Waals surface area contributed by atoms with E-state index in [4.69, 9.17) is 5.73 Å². The number of nitrogens with zero attached hydrogens (tertiary/aromatic N) is 1. The Morgan fingerprint density at radius 3 is 3.00 bits per heavy atom. The van der Waals surface area contributed by atoms with Crippen LogP contribution in [0.1, 0.15) is 23.7 Å². The number of fused-ring (bicyclic) bond motifs is 1. The minimum absolute atomic E-state index is 0.112. The molecular formula is C15H19N3O. The van der Waals surface area contributed by atoms with Gasteiger partial charge in [-0.1, -0.05) is 18.2 Å². The second kappa shape index (κ2) is 4.70. The molecule has 1 aromatic heterocycles. The monoisotopic (exact) mass is 257 g/mol. The lowest BCUT2D eigenvalue weighted by molar-refractivity contribution is 0.0745. The molecule has 1 saturated heterocycles. The normalized spacial score (nSPS) is 23.2. The van der Waals surface area contributed by atoms with Crippen LogP contribution in [0.4, 0.5) is 0 Å². The highest BCUT2D eigenvalue weighted by molar-refractivity contribution is 6.06. The molecule has 3 N–H and O–H groups in total. The Balaban J connectivity index is 1.92. The van der Waals surface area contributed by atoms with Crippen LogP contribution in [0.2, 0.25) is 0 Å². The van der Waals surface area contributed by atoms with Crippen LogP contribution in [0.15, 0.2) is 30.5 Å². The zero-order valence-corrected chi connectivity index (χ0v) is 11.1. The second-order valence-corrected chi connectivity index (χ2v) is 5.39. The number of nitrogens with one attached hydrogen (secondary N) is 1. The lowest BCUT2D eigenvalue weighted by atomic mass is 10.1. The van der Waals surface area contributed by atoms with Crippen molar-refractivity contribution in [2.45, 2.75) is 19.4 Å². The van der Waals surface area contributed by atoms with Crippen molar-refractivity contribution in [3.8, 4) is 0 Å². The van der Waals surface area contributed by atoms with Crippen molar-refractivity contribution < 1.29 is 4.79 Å². The first kappa shape index (κ1) is 12.2. The average Bonchev–Trinajstić information content (AvgIpc) is 3.01. The van der Waals surface area contributed by atoms with Gasteiger partial charge in [-0.15, -0.1) is 0 Å². The molecule has 3 rings (SSSR count). The molecule has 1 aliphatic rings. The largest absolute Gasteiger partial charge is 0.360 e. The van der Waals surface area contributed by atoms with Gasteiger partial charge in [-0.25, -0.2) is 0 Å². The Kier molecular flexibility index (Phi) is 3.03. The maximum atomic E-state index is 12.7. The fourth-order valence-corrected chi connectivity index (χ4v) is 3.00. The number of amides is 1. The van der Waals surface area contributed by atoms with Crippen LogP contribution in [-0.4, -0.2) is 34.9 Å². The van der Waals surface area contributed by atoms with Crippen LogP contribution in [0.5, 0.6) is 0 Å². The fourth-order valence-electron chi connectivity index (χ4n) is 3.00.